The predicted molar refractivity (Wildman–Crippen MR) is 92.0 cm³/mol. The minimum Gasteiger partial charge on any atom is -0.459 e. The maximum atomic E-state index is 12.3. The molecule has 0 spiro atoms. The number of anilines is 1. The summed E-state index contributed by atoms with van der Waals surface area (Å²) in [4.78, 5) is 12.3. The lowest BCUT2D eigenvalue weighted by Gasteiger charge is -2.22. The summed E-state index contributed by atoms with van der Waals surface area (Å²) in [7, 11) is 0. The van der Waals surface area contributed by atoms with Crippen LogP contribution in [-0.4, -0.2) is 23.8 Å². The SMILES string of the molecule is CCOC(O)C(=O)c1cccc2c1OC(OCc1ccccc1)=CN2. The first-order valence-electron chi connectivity index (χ1n) is 7.97. The molecule has 0 fully saturated rings. The Morgan fingerprint density at radius 2 is 2.00 bits per heavy atom. The van der Waals surface area contributed by atoms with Crippen molar-refractivity contribution in [2.75, 3.05) is 11.9 Å². The van der Waals surface area contributed by atoms with Crippen molar-refractivity contribution in [1.82, 2.24) is 0 Å². The quantitative estimate of drug-likeness (QED) is 0.595. The summed E-state index contributed by atoms with van der Waals surface area (Å²) in [5, 5.41) is 12.8. The van der Waals surface area contributed by atoms with Crippen LogP contribution in [-0.2, 0) is 16.1 Å². The van der Waals surface area contributed by atoms with Crippen LogP contribution in [0, 0.1) is 0 Å². The summed E-state index contributed by atoms with van der Waals surface area (Å²) in [6, 6.07) is 14.7. The number of hydrogen-bond acceptors (Lipinski definition) is 6. The van der Waals surface area contributed by atoms with Gasteiger partial charge in [0.15, 0.2) is 5.75 Å². The van der Waals surface area contributed by atoms with Crippen LogP contribution in [0.2, 0.25) is 0 Å². The van der Waals surface area contributed by atoms with E-state index < -0.39 is 12.1 Å². The Kier molecular flexibility index (Phi) is 5.33. The van der Waals surface area contributed by atoms with E-state index >= 15 is 0 Å². The Balaban J connectivity index is 1.74. The van der Waals surface area contributed by atoms with Gasteiger partial charge in [-0.2, -0.15) is 0 Å². The smallest absolute Gasteiger partial charge is 0.302 e. The van der Waals surface area contributed by atoms with Crippen molar-refractivity contribution >= 4 is 11.5 Å². The molecule has 2 N–H and O–H groups in total. The molecule has 2 aromatic rings. The number of para-hydroxylation sites is 1. The number of nitrogens with one attached hydrogen (secondary N) is 1. The standard InChI is InChI=1S/C19H19NO5/c1-2-23-19(22)17(21)14-9-6-10-15-18(14)25-16(11-20-15)24-12-13-7-4-3-5-8-13/h3-11,19-20,22H,2,12H2,1H3. The van der Waals surface area contributed by atoms with Gasteiger partial charge in [0.1, 0.15) is 6.61 Å². The van der Waals surface area contributed by atoms with E-state index in [0.717, 1.165) is 5.56 Å². The molecule has 0 saturated heterocycles. The average Bonchev–Trinajstić information content (AvgIpc) is 2.66. The molecular weight excluding hydrogens is 322 g/mol. The number of Topliss-reactive ketones (excluding diaryl/α,β-unsaturated/α-hetero) is 1. The van der Waals surface area contributed by atoms with Gasteiger partial charge in [-0.3, -0.25) is 4.79 Å². The van der Waals surface area contributed by atoms with Crippen molar-refractivity contribution in [3.8, 4) is 5.75 Å². The molecule has 0 aliphatic carbocycles. The van der Waals surface area contributed by atoms with Crippen LogP contribution in [0.25, 0.3) is 0 Å². The number of aliphatic hydroxyl groups excluding tert-OH is 1. The van der Waals surface area contributed by atoms with E-state index in [4.69, 9.17) is 14.2 Å². The summed E-state index contributed by atoms with van der Waals surface area (Å²) in [6.07, 6.45) is 0.0538. The molecule has 2 aromatic carbocycles. The fraction of sp³-hybridized carbons (Fsp3) is 0.211. The Hall–Kier alpha value is -2.83. The number of carbonyl (C=O) groups excluding carboxylic acids is 1. The van der Waals surface area contributed by atoms with Crippen molar-refractivity contribution < 1.29 is 24.1 Å². The highest BCUT2D eigenvalue weighted by atomic mass is 16.7. The molecule has 6 nitrogen and oxygen atoms in total. The number of aliphatic hydroxyl groups is 1. The van der Waals surface area contributed by atoms with Crippen LogP contribution in [0.4, 0.5) is 5.69 Å². The molecule has 130 valence electrons. The number of hydrogen-bond donors (Lipinski definition) is 2. The highest BCUT2D eigenvalue weighted by molar-refractivity contribution is 6.02. The van der Waals surface area contributed by atoms with Crippen LogP contribution >= 0.6 is 0 Å². The molecule has 0 amide bonds. The van der Waals surface area contributed by atoms with Gasteiger partial charge in [-0.25, -0.2) is 0 Å². The van der Waals surface area contributed by atoms with Gasteiger partial charge >= 0.3 is 5.95 Å². The topological polar surface area (TPSA) is 77.0 Å². The number of fused-ring (bicyclic) bond motifs is 1. The molecule has 1 aliphatic heterocycles. The van der Waals surface area contributed by atoms with Crippen molar-refractivity contribution in [3.63, 3.8) is 0 Å². The predicted octanol–water partition coefficient (Wildman–Crippen LogP) is 3.04. The molecule has 0 bridgehead atoms. The summed E-state index contributed by atoms with van der Waals surface area (Å²) < 4.78 is 16.3. The third-order valence-corrected chi connectivity index (χ3v) is 3.60. The third kappa shape index (κ3) is 3.99. The van der Waals surface area contributed by atoms with Crippen molar-refractivity contribution in [1.29, 1.82) is 0 Å². The minimum atomic E-state index is -1.53. The molecule has 1 aliphatic rings. The first kappa shape index (κ1) is 17.0. The molecule has 1 unspecified atom stereocenters. The van der Waals surface area contributed by atoms with Crippen molar-refractivity contribution in [3.05, 3.63) is 71.8 Å². The summed E-state index contributed by atoms with van der Waals surface area (Å²) in [6.45, 7) is 2.26. The largest absolute Gasteiger partial charge is 0.459 e. The van der Waals surface area contributed by atoms with Crippen molar-refractivity contribution in [2.24, 2.45) is 0 Å². The molecule has 1 heterocycles. The fourth-order valence-corrected chi connectivity index (χ4v) is 2.39. The second-order valence-corrected chi connectivity index (χ2v) is 5.34. The zero-order chi connectivity index (χ0) is 17.6. The average molecular weight is 341 g/mol. The van der Waals surface area contributed by atoms with E-state index in [1.54, 1.807) is 31.3 Å². The highest BCUT2D eigenvalue weighted by Gasteiger charge is 2.26. The third-order valence-electron chi connectivity index (χ3n) is 3.60. The second kappa shape index (κ2) is 7.83. The minimum absolute atomic E-state index is 0.222. The Morgan fingerprint density at radius 1 is 1.20 bits per heavy atom. The lowest BCUT2D eigenvalue weighted by molar-refractivity contribution is -0.0676. The number of ketones is 1. The Bertz CT molecular complexity index is 773. The van der Waals surface area contributed by atoms with Gasteiger partial charge in [0.05, 0.1) is 17.5 Å². The number of ether oxygens (including phenoxy) is 3. The summed E-state index contributed by atoms with van der Waals surface area (Å²) >= 11 is 0. The molecule has 1 atom stereocenters. The maximum Gasteiger partial charge on any atom is 0.302 e. The Morgan fingerprint density at radius 3 is 2.76 bits per heavy atom. The first-order valence-corrected chi connectivity index (χ1v) is 7.97. The van der Waals surface area contributed by atoms with E-state index in [0.29, 0.717) is 18.0 Å². The number of carbonyl (C=O) groups is 1. The van der Waals surface area contributed by atoms with Crippen LogP contribution in [0.15, 0.2) is 60.7 Å². The number of benzene rings is 2. The zero-order valence-electron chi connectivity index (χ0n) is 13.8. The molecular formula is C19H19NO5. The lowest BCUT2D eigenvalue weighted by atomic mass is 10.1. The van der Waals surface area contributed by atoms with E-state index in [1.165, 1.54) is 0 Å². The van der Waals surface area contributed by atoms with Gasteiger partial charge in [-0.1, -0.05) is 36.4 Å². The van der Waals surface area contributed by atoms with Gasteiger partial charge in [0.2, 0.25) is 12.1 Å². The van der Waals surface area contributed by atoms with E-state index in [-0.39, 0.29) is 18.1 Å². The maximum absolute atomic E-state index is 12.3. The molecule has 0 radical (unpaired) electrons. The van der Waals surface area contributed by atoms with E-state index in [2.05, 4.69) is 5.32 Å². The highest BCUT2D eigenvalue weighted by Crippen LogP contribution is 2.34. The van der Waals surface area contributed by atoms with E-state index in [1.807, 2.05) is 30.3 Å². The molecule has 6 heteroatoms. The number of rotatable bonds is 7. The van der Waals surface area contributed by atoms with Crippen molar-refractivity contribution in [2.45, 2.75) is 19.8 Å². The monoisotopic (exact) mass is 341 g/mol. The molecule has 0 aromatic heterocycles. The van der Waals surface area contributed by atoms with Crippen LogP contribution < -0.4 is 10.1 Å². The summed E-state index contributed by atoms with van der Waals surface area (Å²) in [5.74, 6) is -0.0240. The van der Waals surface area contributed by atoms with Gasteiger partial charge < -0.3 is 24.6 Å². The van der Waals surface area contributed by atoms with E-state index in [9.17, 15) is 9.90 Å². The molecule has 0 saturated carbocycles. The zero-order valence-corrected chi connectivity index (χ0v) is 13.8. The van der Waals surface area contributed by atoms with Crippen LogP contribution in [0.1, 0.15) is 22.8 Å². The first-order chi connectivity index (χ1) is 12.2. The van der Waals surface area contributed by atoms with Gasteiger partial charge in [-0.15, -0.1) is 0 Å². The normalized spacial score (nSPS) is 13.8. The second-order valence-electron chi connectivity index (χ2n) is 5.34. The lowest BCUT2D eigenvalue weighted by Crippen LogP contribution is -2.25. The van der Waals surface area contributed by atoms with Crippen LogP contribution in [0.3, 0.4) is 0 Å². The Labute approximate surface area is 145 Å². The fourth-order valence-electron chi connectivity index (χ4n) is 2.39. The molecule has 25 heavy (non-hydrogen) atoms. The van der Waals surface area contributed by atoms with Crippen LogP contribution in [0.5, 0.6) is 5.75 Å². The molecule has 3 rings (SSSR count). The van der Waals surface area contributed by atoms with Gasteiger partial charge in [0.25, 0.3) is 0 Å². The van der Waals surface area contributed by atoms with Gasteiger partial charge in [0, 0.05) is 6.61 Å². The van der Waals surface area contributed by atoms with Gasteiger partial charge in [-0.05, 0) is 24.6 Å². The summed E-state index contributed by atoms with van der Waals surface area (Å²) in [5.41, 5.74) is 1.83.